The maximum absolute atomic E-state index is 11.1. The molecular weight excluding hydrogens is 264 g/mol. The second-order valence-corrected chi connectivity index (χ2v) is 5.81. The molecule has 5 nitrogen and oxygen atoms in total. The number of fused-ring (bicyclic) bond motifs is 1. The van der Waals surface area contributed by atoms with E-state index in [-0.39, 0.29) is 17.1 Å². The Morgan fingerprint density at radius 2 is 1.89 bits per heavy atom. The van der Waals surface area contributed by atoms with Crippen LogP contribution in [0.1, 0.15) is 11.7 Å². The number of benzene rings is 1. The fourth-order valence-corrected chi connectivity index (χ4v) is 2.72. The summed E-state index contributed by atoms with van der Waals surface area (Å²) in [7, 11) is -4.17. The number of aliphatic imine (C=N–C) groups is 1. The van der Waals surface area contributed by atoms with Gasteiger partial charge in [-0.15, -0.1) is 0 Å². The molecule has 0 radical (unpaired) electrons. The number of rotatable bonds is 2. The Kier molecular flexibility index (Phi) is 2.85. The van der Waals surface area contributed by atoms with Crippen LogP contribution in [0, 0.1) is 0 Å². The summed E-state index contributed by atoms with van der Waals surface area (Å²) >= 11 is 0. The van der Waals surface area contributed by atoms with Crippen LogP contribution in [0.25, 0.3) is 0 Å². The summed E-state index contributed by atoms with van der Waals surface area (Å²) < 4.78 is 31.2. The molecule has 6 heteroatoms. The van der Waals surface area contributed by atoms with Gasteiger partial charge >= 0.3 is 0 Å². The minimum absolute atomic E-state index is 0.0994. The zero-order valence-electron chi connectivity index (χ0n) is 9.89. The highest BCUT2D eigenvalue weighted by Gasteiger charge is 2.29. The van der Waals surface area contributed by atoms with Gasteiger partial charge in [-0.3, -0.25) is 14.9 Å². The van der Waals surface area contributed by atoms with Crippen LogP contribution in [-0.2, 0) is 10.1 Å². The monoisotopic (exact) mass is 276 g/mol. The number of hydrogen-bond acceptors (Lipinski definition) is 4. The van der Waals surface area contributed by atoms with Crippen LogP contribution in [0.15, 0.2) is 58.5 Å². The third kappa shape index (κ3) is 2.37. The van der Waals surface area contributed by atoms with Gasteiger partial charge in [0.1, 0.15) is 6.17 Å². The minimum atomic E-state index is -4.17. The van der Waals surface area contributed by atoms with E-state index in [1.807, 2.05) is 30.3 Å². The van der Waals surface area contributed by atoms with Crippen molar-refractivity contribution in [3.05, 3.63) is 59.0 Å². The first-order valence-corrected chi connectivity index (χ1v) is 7.24. The molecule has 2 aliphatic rings. The molecule has 2 N–H and O–H groups in total. The third-order valence-corrected chi connectivity index (χ3v) is 3.96. The van der Waals surface area contributed by atoms with E-state index >= 15 is 0 Å². The zero-order valence-corrected chi connectivity index (χ0v) is 10.7. The summed E-state index contributed by atoms with van der Waals surface area (Å²) in [6, 6.07) is 9.40. The van der Waals surface area contributed by atoms with Crippen molar-refractivity contribution in [2.45, 2.75) is 12.2 Å². The second-order valence-electron chi connectivity index (χ2n) is 4.39. The predicted molar refractivity (Wildman–Crippen MR) is 72.3 cm³/mol. The minimum Gasteiger partial charge on any atom is -0.282 e. The SMILES string of the molecule is O=S(=O)(O)C1=CC2NC(c3ccccc3)N=C2C=C1. The fourth-order valence-electron chi connectivity index (χ4n) is 2.17. The topological polar surface area (TPSA) is 78.8 Å². The molecule has 1 aromatic rings. The first kappa shape index (κ1) is 12.3. The number of nitrogens with zero attached hydrogens (tertiary/aromatic N) is 1. The fraction of sp³-hybridized carbons (Fsp3) is 0.154. The predicted octanol–water partition coefficient (Wildman–Crippen LogP) is 1.44. The van der Waals surface area contributed by atoms with E-state index in [1.165, 1.54) is 12.2 Å². The number of allylic oxidation sites excluding steroid dienone is 1. The van der Waals surface area contributed by atoms with Crippen LogP contribution >= 0.6 is 0 Å². The third-order valence-electron chi connectivity index (χ3n) is 3.10. The van der Waals surface area contributed by atoms with Crippen LogP contribution in [-0.4, -0.2) is 24.7 Å². The first-order chi connectivity index (χ1) is 9.04. The molecule has 0 aromatic heterocycles. The van der Waals surface area contributed by atoms with Crippen molar-refractivity contribution in [3.8, 4) is 0 Å². The molecule has 0 bridgehead atoms. The molecule has 1 aromatic carbocycles. The average Bonchev–Trinajstić information content (AvgIpc) is 2.81. The molecular formula is C13H12N2O3S. The van der Waals surface area contributed by atoms with Crippen molar-refractivity contribution in [1.29, 1.82) is 0 Å². The molecule has 19 heavy (non-hydrogen) atoms. The lowest BCUT2D eigenvalue weighted by molar-refractivity contribution is 0.491. The Morgan fingerprint density at radius 3 is 2.58 bits per heavy atom. The average molecular weight is 276 g/mol. The Bertz CT molecular complexity index is 690. The van der Waals surface area contributed by atoms with Crippen molar-refractivity contribution >= 4 is 15.8 Å². The molecule has 1 aliphatic carbocycles. The van der Waals surface area contributed by atoms with Gasteiger partial charge in [-0.1, -0.05) is 30.3 Å². The van der Waals surface area contributed by atoms with E-state index in [0.29, 0.717) is 0 Å². The highest BCUT2D eigenvalue weighted by atomic mass is 32.2. The standard InChI is InChI=1S/C13H12N2O3S/c16-19(17,18)10-6-7-11-12(8-10)15-13(14-11)9-4-2-1-3-5-9/h1-8,12-13,15H,(H,16,17,18). The Labute approximate surface area is 111 Å². The lowest BCUT2D eigenvalue weighted by Gasteiger charge is -2.14. The van der Waals surface area contributed by atoms with Gasteiger partial charge < -0.3 is 0 Å². The van der Waals surface area contributed by atoms with Gasteiger partial charge in [0.2, 0.25) is 0 Å². The Hall–Kier alpha value is -1.76. The van der Waals surface area contributed by atoms with Crippen LogP contribution < -0.4 is 5.32 Å². The number of hydrogen-bond donors (Lipinski definition) is 2. The van der Waals surface area contributed by atoms with Gasteiger partial charge in [-0.05, 0) is 23.8 Å². The van der Waals surface area contributed by atoms with Gasteiger partial charge in [0, 0.05) is 0 Å². The van der Waals surface area contributed by atoms with Gasteiger partial charge in [0.05, 0.1) is 16.7 Å². The molecule has 3 rings (SSSR count). The lowest BCUT2D eigenvalue weighted by atomic mass is 10.1. The maximum Gasteiger partial charge on any atom is 0.294 e. The highest BCUT2D eigenvalue weighted by molar-refractivity contribution is 7.90. The maximum atomic E-state index is 11.1. The Balaban J connectivity index is 1.89. The first-order valence-electron chi connectivity index (χ1n) is 5.80. The van der Waals surface area contributed by atoms with Crippen molar-refractivity contribution in [1.82, 2.24) is 5.32 Å². The number of nitrogens with one attached hydrogen (secondary N) is 1. The van der Waals surface area contributed by atoms with Gasteiger partial charge in [0.25, 0.3) is 10.1 Å². The van der Waals surface area contributed by atoms with Gasteiger partial charge in [0.15, 0.2) is 0 Å². The summed E-state index contributed by atoms with van der Waals surface area (Å²) in [5.41, 5.74) is 1.78. The van der Waals surface area contributed by atoms with E-state index in [4.69, 9.17) is 4.55 Å². The molecule has 0 saturated heterocycles. The van der Waals surface area contributed by atoms with Crippen molar-refractivity contribution in [2.75, 3.05) is 0 Å². The lowest BCUT2D eigenvalue weighted by Crippen LogP contribution is -2.31. The summed E-state index contributed by atoms with van der Waals surface area (Å²) in [4.78, 5) is 4.40. The zero-order chi connectivity index (χ0) is 13.5. The summed E-state index contributed by atoms with van der Waals surface area (Å²) in [6.45, 7) is 0. The van der Waals surface area contributed by atoms with E-state index in [1.54, 1.807) is 6.08 Å². The molecule has 2 atom stereocenters. The van der Waals surface area contributed by atoms with Crippen molar-refractivity contribution in [2.24, 2.45) is 4.99 Å². The van der Waals surface area contributed by atoms with E-state index in [2.05, 4.69) is 10.3 Å². The van der Waals surface area contributed by atoms with E-state index in [0.717, 1.165) is 11.3 Å². The van der Waals surface area contributed by atoms with Crippen LogP contribution in [0.3, 0.4) is 0 Å². The summed E-state index contributed by atoms with van der Waals surface area (Å²) in [5, 5.41) is 3.20. The van der Waals surface area contributed by atoms with Crippen molar-refractivity contribution < 1.29 is 13.0 Å². The van der Waals surface area contributed by atoms with Crippen molar-refractivity contribution in [3.63, 3.8) is 0 Å². The molecule has 0 amide bonds. The Morgan fingerprint density at radius 1 is 1.16 bits per heavy atom. The van der Waals surface area contributed by atoms with Gasteiger partial charge in [-0.25, -0.2) is 0 Å². The molecule has 1 aliphatic heterocycles. The summed E-state index contributed by atoms with van der Waals surface area (Å²) in [6.07, 6.45) is 4.25. The van der Waals surface area contributed by atoms with Gasteiger partial charge in [-0.2, -0.15) is 8.42 Å². The largest absolute Gasteiger partial charge is 0.294 e. The normalized spacial score (nSPS) is 25.7. The molecule has 0 saturated carbocycles. The molecule has 1 heterocycles. The smallest absolute Gasteiger partial charge is 0.282 e. The molecule has 0 fully saturated rings. The molecule has 2 unspecified atom stereocenters. The van der Waals surface area contributed by atoms with E-state index < -0.39 is 10.1 Å². The highest BCUT2D eigenvalue weighted by Crippen LogP contribution is 2.25. The van der Waals surface area contributed by atoms with Crippen LogP contribution in [0.2, 0.25) is 0 Å². The van der Waals surface area contributed by atoms with Crippen LogP contribution in [0.4, 0.5) is 0 Å². The van der Waals surface area contributed by atoms with E-state index in [9.17, 15) is 8.42 Å². The second kappa shape index (κ2) is 4.41. The summed E-state index contributed by atoms with van der Waals surface area (Å²) in [5.74, 6) is 0. The molecule has 98 valence electrons. The quantitative estimate of drug-likeness (QED) is 0.801. The molecule has 0 spiro atoms. The van der Waals surface area contributed by atoms with Crippen LogP contribution in [0.5, 0.6) is 0 Å².